The molecule has 4 aromatic rings. The zero-order chi connectivity index (χ0) is 14.1. The second-order valence-electron chi connectivity index (χ2n) is 5.55. The second kappa shape index (κ2) is 5.13. The Kier molecular flexibility index (Phi) is 3.00. The Morgan fingerprint density at radius 1 is 0.857 bits per heavy atom. The van der Waals surface area contributed by atoms with E-state index in [1.165, 1.54) is 27.5 Å². The van der Waals surface area contributed by atoms with Gasteiger partial charge in [0.2, 0.25) is 0 Å². The first-order valence-electron chi connectivity index (χ1n) is 7.51. The molecule has 0 spiro atoms. The lowest BCUT2D eigenvalue weighted by Crippen LogP contribution is -1.98. The molecular weight excluding hydrogens is 256 g/mol. The third-order valence-corrected chi connectivity index (χ3v) is 4.11. The zero-order valence-corrected chi connectivity index (χ0v) is 11.9. The number of hydrogen-bond acceptors (Lipinski definition) is 0. The summed E-state index contributed by atoms with van der Waals surface area (Å²) in [6.45, 7) is 1.06. The fraction of sp³-hybridized carbons (Fsp3) is 0.158. The molecule has 1 N–H and O–H groups in total. The van der Waals surface area contributed by atoms with E-state index in [4.69, 9.17) is 0 Å². The van der Waals surface area contributed by atoms with Crippen molar-refractivity contribution >= 4 is 21.8 Å². The zero-order valence-electron chi connectivity index (χ0n) is 11.9. The Bertz CT molecular complexity index is 850. The standard InChI is InChI=1S/C19H18N2/c1-3-9-18-16(7-1)14-17(20-18)8-5-12-21-13-11-15-6-2-4-10-19(15)21/h1-4,6-7,9-11,13-14,20H,5,8,12H2. The molecule has 0 bridgehead atoms. The smallest absolute Gasteiger partial charge is 0.0480 e. The molecule has 0 unspecified atom stereocenters. The Morgan fingerprint density at radius 2 is 1.67 bits per heavy atom. The molecule has 2 heteroatoms. The number of rotatable bonds is 4. The number of H-pyrrole nitrogens is 1. The number of aromatic amines is 1. The van der Waals surface area contributed by atoms with Crippen LogP contribution in [0.25, 0.3) is 21.8 Å². The number of hydrogen-bond donors (Lipinski definition) is 1. The molecule has 4 rings (SSSR count). The van der Waals surface area contributed by atoms with Crippen LogP contribution in [0.15, 0.2) is 66.9 Å². The van der Waals surface area contributed by atoms with Gasteiger partial charge in [0.25, 0.3) is 0 Å². The first-order valence-corrected chi connectivity index (χ1v) is 7.51. The van der Waals surface area contributed by atoms with Crippen LogP contribution in [0.4, 0.5) is 0 Å². The molecule has 21 heavy (non-hydrogen) atoms. The topological polar surface area (TPSA) is 20.7 Å². The van der Waals surface area contributed by atoms with E-state index in [1.807, 2.05) is 0 Å². The van der Waals surface area contributed by atoms with Crippen molar-refractivity contribution in [1.29, 1.82) is 0 Å². The molecule has 2 heterocycles. The minimum atomic E-state index is 1.06. The molecule has 0 radical (unpaired) electrons. The van der Waals surface area contributed by atoms with E-state index in [2.05, 4.69) is 76.4 Å². The highest BCUT2D eigenvalue weighted by Gasteiger charge is 2.02. The largest absolute Gasteiger partial charge is 0.358 e. The Labute approximate surface area is 124 Å². The quantitative estimate of drug-likeness (QED) is 0.554. The highest BCUT2D eigenvalue weighted by molar-refractivity contribution is 5.80. The highest BCUT2D eigenvalue weighted by Crippen LogP contribution is 2.18. The van der Waals surface area contributed by atoms with Crippen LogP contribution < -0.4 is 0 Å². The van der Waals surface area contributed by atoms with Gasteiger partial charge in [0.05, 0.1) is 0 Å². The van der Waals surface area contributed by atoms with Crippen LogP contribution in [-0.2, 0) is 13.0 Å². The predicted molar refractivity (Wildman–Crippen MR) is 88.6 cm³/mol. The summed E-state index contributed by atoms with van der Waals surface area (Å²) in [6, 6.07) is 21.5. The van der Waals surface area contributed by atoms with Gasteiger partial charge >= 0.3 is 0 Å². The van der Waals surface area contributed by atoms with E-state index >= 15 is 0 Å². The molecule has 0 aliphatic carbocycles. The fourth-order valence-corrected chi connectivity index (χ4v) is 3.04. The second-order valence-corrected chi connectivity index (χ2v) is 5.55. The minimum Gasteiger partial charge on any atom is -0.358 e. The van der Waals surface area contributed by atoms with Crippen molar-refractivity contribution in [1.82, 2.24) is 9.55 Å². The Hall–Kier alpha value is -2.48. The van der Waals surface area contributed by atoms with Crippen molar-refractivity contribution in [2.24, 2.45) is 0 Å². The predicted octanol–water partition coefficient (Wildman–Crippen LogP) is 4.76. The Balaban J connectivity index is 1.47. The fourth-order valence-electron chi connectivity index (χ4n) is 3.04. The lowest BCUT2D eigenvalue weighted by Gasteiger charge is -2.04. The number of aromatic nitrogens is 2. The summed E-state index contributed by atoms with van der Waals surface area (Å²) in [6.07, 6.45) is 4.42. The summed E-state index contributed by atoms with van der Waals surface area (Å²) < 4.78 is 2.35. The molecule has 0 amide bonds. The van der Waals surface area contributed by atoms with Gasteiger partial charge in [-0.05, 0) is 47.9 Å². The van der Waals surface area contributed by atoms with Crippen molar-refractivity contribution in [2.75, 3.05) is 0 Å². The maximum Gasteiger partial charge on any atom is 0.0480 e. The molecule has 104 valence electrons. The van der Waals surface area contributed by atoms with E-state index in [0.29, 0.717) is 0 Å². The number of nitrogens with zero attached hydrogens (tertiary/aromatic N) is 1. The van der Waals surface area contributed by atoms with E-state index in [-0.39, 0.29) is 0 Å². The van der Waals surface area contributed by atoms with Crippen molar-refractivity contribution in [3.63, 3.8) is 0 Å². The lowest BCUT2D eigenvalue weighted by atomic mass is 10.2. The van der Waals surface area contributed by atoms with Crippen molar-refractivity contribution < 1.29 is 0 Å². The van der Waals surface area contributed by atoms with E-state index in [1.54, 1.807) is 0 Å². The van der Waals surface area contributed by atoms with Crippen LogP contribution in [0, 0.1) is 0 Å². The third-order valence-electron chi connectivity index (χ3n) is 4.11. The first kappa shape index (κ1) is 12.3. The van der Waals surface area contributed by atoms with Crippen molar-refractivity contribution in [2.45, 2.75) is 19.4 Å². The number of nitrogens with one attached hydrogen (secondary N) is 1. The van der Waals surface area contributed by atoms with Gasteiger partial charge in [0.1, 0.15) is 0 Å². The Morgan fingerprint density at radius 3 is 2.57 bits per heavy atom. The summed E-state index contributed by atoms with van der Waals surface area (Å²) in [5.74, 6) is 0. The molecule has 2 nitrogen and oxygen atoms in total. The van der Waals surface area contributed by atoms with Crippen LogP contribution in [0.3, 0.4) is 0 Å². The molecule has 0 aliphatic rings. The minimum absolute atomic E-state index is 1.06. The average Bonchev–Trinajstić information content (AvgIpc) is 3.11. The molecular formula is C19H18N2. The number of para-hydroxylation sites is 2. The van der Waals surface area contributed by atoms with Crippen LogP contribution in [-0.4, -0.2) is 9.55 Å². The van der Waals surface area contributed by atoms with Crippen LogP contribution in [0.2, 0.25) is 0 Å². The van der Waals surface area contributed by atoms with Gasteiger partial charge in [0, 0.05) is 29.5 Å². The van der Waals surface area contributed by atoms with E-state index in [0.717, 1.165) is 19.4 Å². The normalized spacial score (nSPS) is 11.4. The maximum absolute atomic E-state index is 3.50. The molecule has 0 saturated carbocycles. The van der Waals surface area contributed by atoms with Gasteiger partial charge < -0.3 is 9.55 Å². The average molecular weight is 274 g/mol. The summed E-state index contributed by atoms with van der Waals surface area (Å²) in [5, 5.41) is 2.63. The highest BCUT2D eigenvalue weighted by atomic mass is 14.9. The van der Waals surface area contributed by atoms with E-state index < -0.39 is 0 Å². The molecule has 2 aromatic carbocycles. The summed E-state index contributed by atoms with van der Waals surface area (Å²) in [7, 11) is 0. The number of aryl methyl sites for hydroxylation is 2. The van der Waals surface area contributed by atoms with Gasteiger partial charge in [-0.15, -0.1) is 0 Å². The molecule has 2 aromatic heterocycles. The van der Waals surface area contributed by atoms with Crippen LogP contribution in [0.5, 0.6) is 0 Å². The monoisotopic (exact) mass is 274 g/mol. The van der Waals surface area contributed by atoms with Crippen LogP contribution in [0.1, 0.15) is 12.1 Å². The molecule has 0 atom stereocenters. The SMILES string of the molecule is c1ccc2[nH]c(CCCn3ccc4ccccc43)cc2c1. The van der Waals surface area contributed by atoms with Gasteiger partial charge in [-0.25, -0.2) is 0 Å². The van der Waals surface area contributed by atoms with Gasteiger partial charge in [-0.2, -0.15) is 0 Å². The summed E-state index contributed by atoms with van der Waals surface area (Å²) >= 11 is 0. The molecule has 0 saturated heterocycles. The first-order chi connectivity index (χ1) is 10.4. The van der Waals surface area contributed by atoms with Gasteiger partial charge in [0.15, 0.2) is 0 Å². The number of benzene rings is 2. The van der Waals surface area contributed by atoms with Gasteiger partial charge in [-0.3, -0.25) is 0 Å². The molecule has 0 fully saturated rings. The summed E-state index contributed by atoms with van der Waals surface area (Å²) in [5.41, 5.74) is 3.89. The summed E-state index contributed by atoms with van der Waals surface area (Å²) in [4.78, 5) is 3.50. The van der Waals surface area contributed by atoms with E-state index in [9.17, 15) is 0 Å². The number of fused-ring (bicyclic) bond motifs is 2. The maximum atomic E-state index is 3.50. The third kappa shape index (κ3) is 2.33. The van der Waals surface area contributed by atoms with Crippen LogP contribution >= 0.6 is 0 Å². The molecule has 0 aliphatic heterocycles. The van der Waals surface area contributed by atoms with Gasteiger partial charge in [-0.1, -0.05) is 36.4 Å². The van der Waals surface area contributed by atoms with Crippen molar-refractivity contribution in [3.05, 3.63) is 72.6 Å². The van der Waals surface area contributed by atoms with Crippen molar-refractivity contribution in [3.8, 4) is 0 Å². The lowest BCUT2D eigenvalue weighted by molar-refractivity contribution is 0.657.